The maximum Gasteiger partial charge on any atom is 0.330 e. The van der Waals surface area contributed by atoms with Gasteiger partial charge in [-0.05, 0) is 24.2 Å². The molecule has 0 spiro atoms. The highest BCUT2D eigenvalue weighted by Gasteiger charge is 2.24. The predicted molar refractivity (Wildman–Crippen MR) is 122 cm³/mol. The number of nitrogen functional groups attached to an aromatic ring is 1. The molecule has 0 saturated heterocycles. The number of carbonyl (C=O) groups is 1. The topological polar surface area (TPSA) is 110 Å². The Morgan fingerprint density at radius 3 is 2.63 bits per heavy atom. The fourth-order valence-electron chi connectivity index (χ4n) is 2.97. The van der Waals surface area contributed by atoms with E-state index in [9.17, 15) is 14.4 Å². The van der Waals surface area contributed by atoms with Crippen LogP contribution in [0.5, 0.6) is 0 Å². The van der Waals surface area contributed by atoms with Crippen molar-refractivity contribution in [1.29, 1.82) is 0 Å². The minimum absolute atomic E-state index is 0.0164. The molecule has 1 heterocycles. The molecule has 0 atom stereocenters. The quantitative estimate of drug-likeness (QED) is 0.495. The summed E-state index contributed by atoms with van der Waals surface area (Å²) in [5.74, 6) is 0.878. The molecular formula is C21H30N4O4S. The Morgan fingerprint density at radius 1 is 1.23 bits per heavy atom. The summed E-state index contributed by atoms with van der Waals surface area (Å²) < 4.78 is 6.37. The molecule has 30 heavy (non-hydrogen) atoms. The van der Waals surface area contributed by atoms with Crippen LogP contribution in [-0.2, 0) is 16.1 Å². The van der Waals surface area contributed by atoms with Crippen molar-refractivity contribution in [3.05, 3.63) is 56.7 Å². The second-order valence-electron chi connectivity index (χ2n) is 6.86. The Hall–Kier alpha value is -2.52. The molecule has 9 heteroatoms. The largest absolute Gasteiger partial charge is 0.385 e. The fraction of sp³-hybridized carbons (Fsp3) is 0.476. The summed E-state index contributed by atoms with van der Waals surface area (Å²) >= 11 is 1.53. The molecule has 0 fully saturated rings. The number of nitrogens with one attached hydrogen (secondary N) is 1. The van der Waals surface area contributed by atoms with Crippen molar-refractivity contribution in [3.8, 4) is 0 Å². The van der Waals surface area contributed by atoms with Crippen molar-refractivity contribution in [1.82, 2.24) is 9.55 Å². The number of hydrogen-bond donors (Lipinski definition) is 2. The van der Waals surface area contributed by atoms with Gasteiger partial charge in [0.2, 0.25) is 5.91 Å². The van der Waals surface area contributed by atoms with Gasteiger partial charge in [-0.25, -0.2) is 4.79 Å². The fourth-order valence-corrected chi connectivity index (χ4v) is 3.94. The van der Waals surface area contributed by atoms with E-state index in [0.717, 1.165) is 24.2 Å². The molecule has 0 radical (unpaired) electrons. The van der Waals surface area contributed by atoms with Gasteiger partial charge in [-0.15, -0.1) is 0 Å². The monoisotopic (exact) mass is 434 g/mol. The molecule has 0 aliphatic carbocycles. The number of amides is 1. The van der Waals surface area contributed by atoms with Gasteiger partial charge in [-0.1, -0.05) is 43.7 Å². The number of aromatic amines is 1. The van der Waals surface area contributed by atoms with Crippen LogP contribution in [0.4, 0.5) is 11.5 Å². The third kappa shape index (κ3) is 6.50. The Morgan fingerprint density at radius 2 is 1.97 bits per heavy atom. The lowest BCUT2D eigenvalue weighted by atomic mass is 10.2. The number of methoxy groups -OCH3 is 1. The number of hydrogen-bond acceptors (Lipinski definition) is 6. The first-order valence-corrected chi connectivity index (χ1v) is 11.2. The Kier molecular flexibility index (Phi) is 9.69. The highest BCUT2D eigenvalue weighted by atomic mass is 32.2. The van der Waals surface area contributed by atoms with Crippen molar-refractivity contribution in [2.45, 2.75) is 32.7 Å². The number of thioether (sulfide) groups is 1. The Balaban J connectivity index is 2.38. The molecule has 0 aliphatic heterocycles. The molecule has 1 amide bonds. The highest BCUT2D eigenvalue weighted by Crippen LogP contribution is 2.20. The van der Waals surface area contributed by atoms with Crippen LogP contribution in [0.25, 0.3) is 0 Å². The lowest BCUT2D eigenvalue weighted by Gasteiger charge is -2.24. The van der Waals surface area contributed by atoms with Crippen molar-refractivity contribution in [2.75, 3.05) is 42.4 Å². The van der Waals surface area contributed by atoms with Gasteiger partial charge < -0.3 is 15.4 Å². The van der Waals surface area contributed by atoms with Gasteiger partial charge in [0.25, 0.3) is 5.56 Å². The van der Waals surface area contributed by atoms with E-state index in [1.807, 2.05) is 30.3 Å². The van der Waals surface area contributed by atoms with E-state index in [0.29, 0.717) is 13.0 Å². The van der Waals surface area contributed by atoms with Gasteiger partial charge >= 0.3 is 5.69 Å². The number of aromatic nitrogens is 2. The first-order chi connectivity index (χ1) is 14.5. The van der Waals surface area contributed by atoms with E-state index in [-0.39, 0.29) is 36.3 Å². The van der Waals surface area contributed by atoms with Crippen LogP contribution < -0.4 is 21.9 Å². The maximum absolute atomic E-state index is 12.9. The zero-order chi connectivity index (χ0) is 21.9. The number of benzene rings is 1. The van der Waals surface area contributed by atoms with Gasteiger partial charge in [0, 0.05) is 20.3 Å². The number of unbranched alkanes of at least 4 members (excludes halogenated alkanes) is 1. The lowest BCUT2D eigenvalue weighted by molar-refractivity contribution is -0.116. The SMILES string of the molecule is CCCCSCC(=O)N(CCCOC)c1c(N)n(Cc2ccccc2)c(=O)[nH]c1=O. The summed E-state index contributed by atoms with van der Waals surface area (Å²) in [6.07, 6.45) is 2.61. The van der Waals surface area contributed by atoms with Crippen LogP contribution in [0, 0.1) is 0 Å². The highest BCUT2D eigenvalue weighted by molar-refractivity contribution is 7.99. The first kappa shape index (κ1) is 23.8. The Bertz CT molecular complexity index is 927. The molecule has 1 aromatic heterocycles. The number of ether oxygens (including phenoxy) is 1. The zero-order valence-electron chi connectivity index (χ0n) is 17.6. The summed E-state index contributed by atoms with van der Waals surface area (Å²) in [6.45, 7) is 3.00. The van der Waals surface area contributed by atoms with E-state index in [4.69, 9.17) is 10.5 Å². The summed E-state index contributed by atoms with van der Waals surface area (Å²) in [7, 11) is 1.58. The number of anilines is 2. The van der Waals surface area contributed by atoms with Gasteiger partial charge in [-0.2, -0.15) is 11.8 Å². The van der Waals surface area contributed by atoms with Crippen LogP contribution in [0.3, 0.4) is 0 Å². The average Bonchev–Trinajstić information content (AvgIpc) is 2.73. The molecule has 2 rings (SSSR count). The molecule has 0 saturated carbocycles. The van der Waals surface area contributed by atoms with Gasteiger partial charge in [0.15, 0.2) is 5.69 Å². The number of carbonyl (C=O) groups excluding carboxylic acids is 1. The summed E-state index contributed by atoms with van der Waals surface area (Å²) in [6, 6.07) is 9.32. The van der Waals surface area contributed by atoms with E-state index >= 15 is 0 Å². The molecule has 164 valence electrons. The molecule has 0 aliphatic rings. The van der Waals surface area contributed by atoms with Crippen LogP contribution in [0.15, 0.2) is 39.9 Å². The second-order valence-corrected chi connectivity index (χ2v) is 7.97. The minimum Gasteiger partial charge on any atom is -0.385 e. The first-order valence-electron chi connectivity index (χ1n) is 10.0. The molecule has 1 aromatic carbocycles. The van der Waals surface area contributed by atoms with Crippen LogP contribution in [-0.4, -0.2) is 47.2 Å². The lowest BCUT2D eigenvalue weighted by Crippen LogP contribution is -2.42. The normalized spacial score (nSPS) is 10.9. The van der Waals surface area contributed by atoms with E-state index < -0.39 is 11.2 Å². The van der Waals surface area contributed by atoms with Crippen LogP contribution in [0.1, 0.15) is 31.7 Å². The number of nitrogens with zero attached hydrogens (tertiary/aromatic N) is 2. The van der Waals surface area contributed by atoms with E-state index in [1.165, 1.54) is 21.2 Å². The van der Waals surface area contributed by atoms with E-state index in [1.54, 1.807) is 7.11 Å². The van der Waals surface area contributed by atoms with E-state index in [2.05, 4.69) is 11.9 Å². The maximum atomic E-state index is 12.9. The van der Waals surface area contributed by atoms with Gasteiger partial charge in [-0.3, -0.25) is 19.1 Å². The average molecular weight is 435 g/mol. The number of H-pyrrole nitrogens is 1. The van der Waals surface area contributed by atoms with Crippen molar-refractivity contribution in [2.24, 2.45) is 0 Å². The van der Waals surface area contributed by atoms with Gasteiger partial charge in [0.1, 0.15) is 5.82 Å². The van der Waals surface area contributed by atoms with Gasteiger partial charge in [0.05, 0.1) is 12.3 Å². The Labute approximate surface area is 180 Å². The van der Waals surface area contributed by atoms with Crippen molar-refractivity contribution < 1.29 is 9.53 Å². The number of rotatable bonds is 12. The van der Waals surface area contributed by atoms with Crippen molar-refractivity contribution in [3.63, 3.8) is 0 Å². The molecule has 3 N–H and O–H groups in total. The molecule has 2 aromatic rings. The summed E-state index contributed by atoms with van der Waals surface area (Å²) in [5.41, 5.74) is 5.87. The molecular weight excluding hydrogens is 404 g/mol. The summed E-state index contributed by atoms with van der Waals surface area (Å²) in [4.78, 5) is 41.7. The predicted octanol–water partition coefficient (Wildman–Crippen LogP) is 2.07. The van der Waals surface area contributed by atoms with Crippen LogP contribution in [0.2, 0.25) is 0 Å². The molecule has 0 bridgehead atoms. The minimum atomic E-state index is -0.661. The molecule has 0 unspecified atom stereocenters. The summed E-state index contributed by atoms with van der Waals surface area (Å²) in [5, 5.41) is 0. The third-order valence-electron chi connectivity index (χ3n) is 4.57. The van der Waals surface area contributed by atoms with Crippen LogP contribution >= 0.6 is 11.8 Å². The standard InChI is InChI=1S/C21H30N4O4S/c1-3-4-13-30-15-17(26)24(11-8-12-29-2)18-19(22)25(21(28)23-20(18)27)14-16-9-6-5-7-10-16/h5-7,9-10H,3-4,8,11-15,22H2,1-2H3,(H,23,27,28). The third-order valence-corrected chi connectivity index (χ3v) is 5.59. The smallest absolute Gasteiger partial charge is 0.330 e. The zero-order valence-corrected chi connectivity index (χ0v) is 18.4. The second kappa shape index (κ2) is 12.2. The molecule has 8 nitrogen and oxygen atoms in total. The number of nitrogens with two attached hydrogens (primary N) is 1. The van der Waals surface area contributed by atoms with Crippen molar-refractivity contribution >= 4 is 29.2 Å².